The minimum absolute atomic E-state index is 0.0298. The fourth-order valence-electron chi connectivity index (χ4n) is 3.21. The molecule has 0 saturated carbocycles. The Labute approximate surface area is 198 Å². The highest BCUT2D eigenvalue weighted by atomic mass is 35.5. The van der Waals surface area contributed by atoms with Crippen LogP contribution in [-0.4, -0.2) is 50.7 Å². The Kier molecular flexibility index (Phi) is 7.83. The molecule has 11 heteroatoms. The van der Waals surface area contributed by atoms with E-state index in [9.17, 15) is 8.42 Å². The van der Waals surface area contributed by atoms with E-state index in [1.165, 1.54) is 30.7 Å². The zero-order valence-electron chi connectivity index (χ0n) is 19.0. The summed E-state index contributed by atoms with van der Waals surface area (Å²) in [6.45, 7) is 3.95. The Balaban J connectivity index is 1.94. The van der Waals surface area contributed by atoms with Gasteiger partial charge in [-0.25, -0.2) is 8.42 Å². The third-order valence-electron chi connectivity index (χ3n) is 4.73. The number of rotatable bonds is 10. The van der Waals surface area contributed by atoms with Crippen LogP contribution in [0, 0.1) is 5.92 Å². The van der Waals surface area contributed by atoms with Gasteiger partial charge in [-0.15, -0.1) is 0 Å². The molecule has 2 aromatic carbocycles. The molecule has 9 nitrogen and oxygen atoms in total. The topological polar surface area (TPSA) is 104 Å². The first kappa shape index (κ1) is 24.8. The molecule has 0 bridgehead atoms. The zero-order valence-corrected chi connectivity index (χ0v) is 20.6. The van der Waals surface area contributed by atoms with Crippen LogP contribution in [0.4, 0.5) is 0 Å². The summed E-state index contributed by atoms with van der Waals surface area (Å²) in [5.74, 6) is 1.76. The van der Waals surface area contributed by atoms with Gasteiger partial charge in [0.25, 0.3) is 0 Å². The van der Waals surface area contributed by atoms with Crippen LogP contribution in [0.5, 0.6) is 17.2 Å². The summed E-state index contributed by atoms with van der Waals surface area (Å²) in [6.07, 6.45) is 0. The van der Waals surface area contributed by atoms with E-state index in [2.05, 4.69) is 10.1 Å². The van der Waals surface area contributed by atoms with Crippen molar-refractivity contribution in [3.63, 3.8) is 0 Å². The molecule has 0 radical (unpaired) electrons. The van der Waals surface area contributed by atoms with Gasteiger partial charge in [0.05, 0.1) is 27.9 Å². The minimum atomic E-state index is -3.98. The smallest absolute Gasteiger partial charge is 0.247 e. The van der Waals surface area contributed by atoms with Gasteiger partial charge in [0, 0.05) is 17.1 Å². The SMILES string of the molecule is COc1ccc(-c2noc(CN(CC(C)C)S(=O)(=O)c3cc(Cl)ccc3OC)n2)cc1OC. The molecule has 0 aliphatic rings. The van der Waals surface area contributed by atoms with Gasteiger partial charge in [-0.1, -0.05) is 30.6 Å². The van der Waals surface area contributed by atoms with Crippen molar-refractivity contribution in [2.24, 2.45) is 5.92 Å². The van der Waals surface area contributed by atoms with Gasteiger partial charge in [-0.3, -0.25) is 0 Å². The molecule has 3 aromatic rings. The lowest BCUT2D eigenvalue weighted by Gasteiger charge is -2.23. The van der Waals surface area contributed by atoms with E-state index < -0.39 is 10.0 Å². The molecular formula is C22H26ClN3O6S. The number of benzene rings is 2. The van der Waals surface area contributed by atoms with Crippen LogP contribution in [0.25, 0.3) is 11.4 Å². The van der Waals surface area contributed by atoms with Gasteiger partial charge >= 0.3 is 0 Å². The van der Waals surface area contributed by atoms with Crippen molar-refractivity contribution in [3.8, 4) is 28.6 Å². The molecule has 1 heterocycles. The van der Waals surface area contributed by atoms with Crippen LogP contribution in [0.15, 0.2) is 45.8 Å². The molecule has 178 valence electrons. The Hall–Kier alpha value is -2.82. The lowest BCUT2D eigenvalue weighted by atomic mass is 10.2. The average Bonchev–Trinajstić information content (AvgIpc) is 3.26. The third kappa shape index (κ3) is 5.58. The molecular weight excluding hydrogens is 470 g/mol. The molecule has 0 saturated heterocycles. The van der Waals surface area contributed by atoms with Crippen molar-refractivity contribution in [2.45, 2.75) is 25.3 Å². The Bertz CT molecular complexity index is 1210. The van der Waals surface area contributed by atoms with Crippen LogP contribution < -0.4 is 14.2 Å². The fraction of sp³-hybridized carbons (Fsp3) is 0.364. The molecule has 0 spiro atoms. The van der Waals surface area contributed by atoms with E-state index in [4.69, 9.17) is 30.3 Å². The number of halogens is 1. The monoisotopic (exact) mass is 495 g/mol. The highest BCUT2D eigenvalue weighted by Gasteiger charge is 2.30. The molecule has 0 atom stereocenters. The number of aromatic nitrogens is 2. The summed E-state index contributed by atoms with van der Waals surface area (Å²) in [4.78, 5) is 4.36. The minimum Gasteiger partial charge on any atom is -0.495 e. The predicted octanol–water partition coefficient (Wildman–Crippen LogP) is 4.26. The van der Waals surface area contributed by atoms with Crippen LogP contribution in [0.3, 0.4) is 0 Å². The Morgan fingerprint density at radius 2 is 1.67 bits per heavy atom. The van der Waals surface area contributed by atoms with E-state index in [1.54, 1.807) is 31.4 Å². The van der Waals surface area contributed by atoms with Crippen LogP contribution in [-0.2, 0) is 16.6 Å². The third-order valence-corrected chi connectivity index (χ3v) is 6.80. The summed E-state index contributed by atoms with van der Waals surface area (Å²) in [5, 5.41) is 4.29. The second-order valence-electron chi connectivity index (χ2n) is 7.57. The quantitative estimate of drug-likeness (QED) is 0.411. The molecule has 33 heavy (non-hydrogen) atoms. The first-order valence-electron chi connectivity index (χ1n) is 10.1. The van der Waals surface area contributed by atoms with Crippen molar-refractivity contribution < 1.29 is 27.2 Å². The first-order valence-corrected chi connectivity index (χ1v) is 11.9. The summed E-state index contributed by atoms with van der Waals surface area (Å²) in [5.41, 5.74) is 0.637. The van der Waals surface area contributed by atoms with Crippen molar-refractivity contribution >= 4 is 21.6 Å². The molecule has 0 aliphatic heterocycles. The van der Waals surface area contributed by atoms with Gasteiger partial charge in [-0.2, -0.15) is 9.29 Å². The molecule has 3 rings (SSSR count). The molecule has 0 aliphatic carbocycles. The largest absolute Gasteiger partial charge is 0.495 e. The normalized spacial score (nSPS) is 11.8. The number of hydrogen-bond donors (Lipinski definition) is 0. The van der Waals surface area contributed by atoms with Gasteiger partial charge in [0.15, 0.2) is 11.5 Å². The maximum Gasteiger partial charge on any atom is 0.247 e. The van der Waals surface area contributed by atoms with Gasteiger partial charge < -0.3 is 18.7 Å². The van der Waals surface area contributed by atoms with Crippen molar-refractivity contribution in [3.05, 3.63) is 47.3 Å². The Morgan fingerprint density at radius 3 is 2.30 bits per heavy atom. The van der Waals surface area contributed by atoms with E-state index in [0.717, 1.165) is 0 Å². The fourth-order valence-corrected chi connectivity index (χ4v) is 5.18. The summed E-state index contributed by atoms with van der Waals surface area (Å²) >= 11 is 6.07. The summed E-state index contributed by atoms with van der Waals surface area (Å²) < 4.78 is 49.5. The highest BCUT2D eigenvalue weighted by molar-refractivity contribution is 7.89. The van der Waals surface area contributed by atoms with E-state index in [-0.39, 0.29) is 40.6 Å². The van der Waals surface area contributed by atoms with Crippen molar-refractivity contribution in [2.75, 3.05) is 27.9 Å². The Morgan fingerprint density at radius 1 is 1.00 bits per heavy atom. The number of hydrogen-bond acceptors (Lipinski definition) is 8. The van der Waals surface area contributed by atoms with Crippen molar-refractivity contribution in [1.82, 2.24) is 14.4 Å². The average molecular weight is 496 g/mol. The number of nitrogens with zero attached hydrogens (tertiary/aromatic N) is 3. The summed E-state index contributed by atoms with van der Waals surface area (Å²) in [6, 6.07) is 9.66. The van der Waals surface area contributed by atoms with Gasteiger partial charge in [-0.05, 0) is 42.3 Å². The van der Waals surface area contributed by atoms with E-state index in [1.807, 2.05) is 13.8 Å². The van der Waals surface area contributed by atoms with E-state index >= 15 is 0 Å². The van der Waals surface area contributed by atoms with Crippen molar-refractivity contribution in [1.29, 1.82) is 0 Å². The number of ether oxygens (including phenoxy) is 3. The molecule has 0 fully saturated rings. The zero-order chi connectivity index (χ0) is 24.2. The lowest BCUT2D eigenvalue weighted by molar-refractivity contribution is 0.297. The second kappa shape index (κ2) is 10.4. The molecule has 0 N–H and O–H groups in total. The van der Waals surface area contributed by atoms with E-state index in [0.29, 0.717) is 22.9 Å². The van der Waals surface area contributed by atoms with Gasteiger partial charge in [0.2, 0.25) is 21.7 Å². The maximum absolute atomic E-state index is 13.5. The maximum atomic E-state index is 13.5. The standard InChI is InChI=1S/C22H26ClN3O6S/c1-14(2)12-26(33(27,28)20-11-16(23)7-9-18(20)30-4)13-21-24-22(25-32-21)15-6-8-17(29-3)19(10-15)31-5/h6-11,14H,12-13H2,1-5H3. The molecule has 0 unspecified atom stereocenters. The highest BCUT2D eigenvalue weighted by Crippen LogP contribution is 2.33. The number of sulfonamides is 1. The van der Waals surface area contributed by atoms with Crippen LogP contribution in [0.1, 0.15) is 19.7 Å². The van der Waals surface area contributed by atoms with Crippen LogP contribution >= 0.6 is 11.6 Å². The molecule has 1 aromatic heterocycles. The lowest BCUT2D eigenvalue weighted by Crippen LogP contribution is -2.34. The summed E-state index contributed by atoms with van der Waals surface area (Å²) in [7, 11) is 0.504. The van der Waals surface area contributed by atoms with Gasteiger partial charge in [0.1, 0.15) is 10.6 Å². The van der Waals surface area contributed by atoms with Crippen LogP contribution in [0.2, 0.25) is 5.02 Å². The molecule has 0 amide bonds. The second-order valence-corrected chi connectivity index (χ2v) is 9.91. The first-order chi connectivity index (χ1) is 15.7. The predicted molar refractivity (Wildman–Crippen MR) is 123 cm³/mol. The number of methoxy groups -OCH3 is 3.